The van der Waals surface area contributed by atoms with Crippen LogP contribution in [0.1, 0.15) is 32.4 Å². The molecule has 1 unspecified atom stereocenters. The molecule has 0 aromatic heterocycles. The zero-order valence-electron chi connectivity index (χ0n) is 13.4. The lowest BCUT2D eigenvalue weighted by atomic mass is 10.1. The van der Waals surface area contributed by atoms with Gasteiger partial charge in [0.15, 0.2) is 11.5 Å². The Morgan fingerprint density at radius 1 is 1.19 bits per heavy atom. The van der Waals surface area contributed by atoms with Crippen molar-refractivity contribution in [3.05, 3.63) is 23.8 Å². The van der Waals surface area contributed by atoms with E-state index in [4.69, 9.17) is 14.2 Å². The SMILES string of the molecule is CCOC(=O)C(NCC(C)C)c1ccc(OC)c(OC)c1. The number of hydrogen-bond donors (Lipinski definition) is 1. The van der Waals surface area contributed by atoms with Crippen LogP contribution in [0.2, 0.25) is 0 Å². The number of rotatable bonds is 8. The van der Waals surface area contributed by atoms with Crippen LogP contribution in [0.5, 0.6) is 11.5 Å². The van der Waals surface area contributed by atoms with Crippen molar-refractivity contribution in [2.45, 2.75) is 26.8 Å². The fourth-order valence-electron chi connectivity index (χ4n) is 1.95. The van der Waals surface area contributed by atoms with Crippen molar-refractivity contribution >= 4 is 5.97 Å². The Labute approximate surface area is 126 Å². The zero-order valence-corrected chi connectivity index (χ0v) is 13.4. The third-order valence-corrected chi connectivity index (χ3v) is 2.99. The van der Waals surface area contributed by atoms with E-state index in [1.165, 1.54) is 0 Å². The Balaban J connectivity index is 3.03. The molecule has 0 amide bonds. The van der Waals surface area contributed by atoms with Crippen LogP contribution in [-0.4, -0.2) is 33.3 Å². The normalized spacial score (nSPS) is 12.1. The molecule has 0 radical (unpaired) electrons. The fourth-order valence-corrected chi connectivity index (χ4v) is 1.95. The molecule has 1 aromatic carbocycles. The average Bonchev–Trinajstić information content (AvgIpc) is 2.47. The van der Waals surface area contributed by atoms with E-state index in [0.717, 1.165) is 12.1 Å². The number of nitrogens with one attached hydrogen (secondary N) is 1. The van der Waals surface area contributed by atoms with Gasteiger partial charge in [0.2, 0.25) is 0 Å². The largest absolute Gasteiger partial charge is 0.493 e. The van der Waals surface area contributed by atoms with E-state index in [1.807, 2.05) is 6.07 Å². The molecular formula is C16H25NO4. The number of carbonyl (C=O) groups excluding carboxylic acids is 1. The standard InChI is InChI=1S/C16H25NO4/c1-6-21-16(18)15(17-10-11(2)3)12-7-8-13(19-4)14(9-12)20-5/h7-9,11,15,17H,6,10H2,1-5H3. The summed E-state index contributed by atoms with van der Waals surface area (Å²) >= 11 is 0. The molecule has 0 aliphatic rings. The van der Waals surface area contributed by atoms with Crippen molar-refractivity contribution in [3.8, 4) is 11.5 Å². The van der Waals surface area contributed by atoms with Crippen molar-refractivity contribution in [1.29, 1.82) is 0 Å². The summed E-state index contributed by atoms with van der Waals surface area (Å²) in [7, 11) is 3.15. The molecular weight excluding hydrogens is 270 g/mol. The number of esters is 1. The summed E-state index contributed by atoms with van der Waals surface area (Å²) in [4.78, 5) is 12.2. The number of carbonyl (C=O) groups is 1. The molecule has 1 aromatic rings. The first kappa shape index (κ1) is 17.3. The average molecular weight is 295 g/mol. The third-order valence-electron chi connectivity index (χ3n) is 2.99. The monoisotopic (exact) mass is 295 g/mol. The molecule has 0 bridgehead atoms. The second-order valence-corrected chi connectivity index (χ2v) is 5.10. The Bertz CT molecular complexity index is 460. The quantitative estimate of drug-likeness (QED) is 0.747. The van der Waals surface area contributed by atoms with Gasteiger partial charge >= 0.3 is 5.97 Å². The first-order chi connectivity index (χ1) is 10.0. The van der Waals surface area contributed by atoms with Crippen LogP contribution >= 0.6 is 0 Å². The van der Waals surface area contributed by atoms with Gasteiger partial charge in [0.05, 0.1) is 20.8 Å². The van der Waals surface area contributed by atoms with E-state index in [2.05, 4.69) is 19.2 Å². The summed E-state index contributed by atoms with van der Waals surface area (Å²) in [6.07, 6.45) is 0. The van der Waals surface area contributed by atoms with Crippen LogP contribution in [0.4, 0.5) is 0 Å². The number of benzene rings is 1. The predicted molar refractivity (Wildman–Crippen MR) is 81.8 cm³/mol. The number of methoxy groups -OCH3 is 2. The first-order valence-corrected chi connectivity index (χ1v) is 7.15. The van der Waals surface area contributed by atoms with Gasteiger partial charge < -0.3 is 19.5 Å². The highest BCUT2D eigenvalue weighted by Gasteiger charge is 2.23. The second-order valence-electron chi connectivity index (χ2n) is 5.10. The van der Waals surface area contributed by atoms with E-state index in [0.29, 0.717) is 24.0 Å². The van der Waals surface area contributed by atoms with Crippen LogP contribution in [0.3, 0.4) is 0 Å². The maximum Gasteiger partial charge on any atom is 0.327 e. The maximum atomic E-state index is 12.2. The summed E-state index contributed by atoms with van der Waals surface area (Å²) in [6.45, 7) is 7.05. The maximum absolute atomic E-state index is 12.2. The molecule has 21 heavy (non-hydrogen) atoms. The van der Waals surface area contributed by atoms with Gasteiger partial charge in [-0.3, -0.25) is 0 Å². The van der Waals surface area contributed by atoms with Crippen molar-refractivity contribution in [1.82, 2.24) is 5.32 Å². The lowest BCUT2D eigenvalue weighted by Crippen LogP contribution is -2.32. The summed E-state index contributed by atoms with van der Waals surface area (Å²) in [5.74, 6) is 1.37. The predicted octanol–water partition coefficient (Wildman–Crippen LogP) is 2.55. The van der Waals surface area contributed by atoms with E-state index < -0.39 is 6.04 Å². The van der Waals surface area contributed by atoms with Gasteiger partial charge in [0.25, 0.3) is 0 Å². The van der Waals surface area contributed by atoms with Gasteiger partial charge in [0, 0.05) is 0 Å². The number of hydrogen-bond acceptors (Lipinski definition) is 5. The van der Waals surface area contributed by atoms with Crippen molar-refractivity contribution < 1.29 is 19.0 Å². The van der Waals surface area contributed by atoms with Crippen LogP contribution in [0.15, 0.2) is 18.2 Å². The Morgan fingerprint density at radius 2 is 1.86 bits per heavy atom. The van der Waals surface area contributed by atoms with E-state index >= 15 is 0 Å². The first-order valence-electron chi connectivity index (χ1n) is 7.15. The highest BCUT2D eigenvalue weighted by molar-refractivity contribution is 5.78. The minimum Gasteiger partial charge on any atom is -0.493 e. The molecule has 0 aliphatic carbocycles. The minimum absolute atomic E-state index is 0.287. The molecule has 0 heterocycles. The Hall–Kier alpha value is -1.75. The van der Waals surface area contributed by atoms with Crippen LogP contribution < -0.4 is 14.8 Å². The van der Waals surface area contributed by atoms with Crippen LogP contribution in [-0.2, 0) is 9.53 Å². The van der Waals surface area contributed by atoms with Gasteiger partial charge in [-0.2, -0.15) is 0 Å². The van der Waals surface area contributed by atoms with E-state index in [-0.39, 0.29) is 5.97 Å². The lowest BCUT2D eigenvalue weighted by Gasteiger charge is -2.20. The summed E-state index contributed by atoms with van der Waals surface area (Å²) in [6, 6.07) is 4.92. The molecule has 1 rings (SSSR count). The minimum atomic E-state index is -0.507. The van der Waals surface area contributed by atoms with Gasteiger partial charge in [-0.1, -0.05) is 19.9 Å². The molecule has 5 heteroatoms. The molecule has 0 saturated carbocycles. The Morgan fingerprint density at radius 3 is 2.38 bits per heavy atom. The second kappa shape index (κ2) is 8.52. The third kappa shape index (κ3) is 4.93. The van der Waals surface area contributed by atoms with Gasteiger partial charge in [-0.25, -0.2) is 4.79 Å². The lowest BCUT2D eigenvalue weighted by molar-refractivity contribution is -0.145. The van der Waals surface area contributed by atoms with Gasteiger partial charge in [-0.05, 0) is 37.1 Å². The summed E-state index contributed by atoms with van der Waals surface area (Å²) in [5.41, 5.74) is 0.798. The number of ether oxygens (including phenoxy) is 3. The molecule has 0 fully saturated rings. The Kier molecular flexibility index (Phi) is 7.02. The molecule has 1 atom stereocenters. The molecule has 118 valence electrons. The van der Waals surface area contributed by atoms with Crippen LogP contribution in [0.25, 0.3) is 0 Å². The molecule has 0 aliphatic heterocycles. The molecule has 0 saturated heterocycles. The highest BCUT2D eigenvalue weighted by Crippen LogP contribution is 2.30. The zero-order chi connectivity index (χ0) is 15.8. The molecule has 1 N–H and O–H groups in total. The topological polar surface area (TPSA) is 56.8 Å². The van der Waals surface area contributed by atoms with Crippen LogP contribution in [0, 0.1) is 5.92 Å². The van der Waals surface area contributed by atoms with Crippen molar-refractivity contribution in [2.75, 3.05) is 27.4 Å². The summed E-state index contributed by atoms with van der Waals surface area (Å²) in [5, 5.41) is 3.24. The van der Waals surface area contributed by atoms with E-state index in [9.17, 15) is 4.79 Å². The summed E-state index contributed by atoms with van der Waals surface area (Å²) < 4.78 is 15.7. The molecule has 0 spiro atoms. The highest BCUT2D eigenvalue weighted by atomic mass is 16.5. The van der Waals surface area contributed by atoms with Gasteiger partial charge in [-0.15, -0.1) is 0 Å². The van der Waals surface area contributed by atoms with E-state index in [1.54, 1.807) is 33.3 Å². The molecule has 5 nitrogen and oxygen atoms in total. The van der Waals surface area contributed by atoms with Crippen molar-refractivity contribution in [2.24, 2.45) is 5.92 Å². The van der Waals surface area contributed by atoms with Gasteiger partial charge in [0.1, 0.15) is 6.04 Å². The smallest absolute Gasteiger partial charge is 0.327 e. The fraction of sp³-hybridized carbons (Fsp3) is 0.562. The van der Waals surface area contributed by atoms with Crippen molar-refractivity contribution in [3.63, 3.8) is 0 Å².